The molecular formula is C27H25F3N4O5. The van der Waals surface area contributed by atoms with E-state index in [0.717, 1.165) is 23.8 Å². The number of halogens is 3. The Hall–Kier alpha value is -4.19. The molecule has 9 nitrogen and oxygen atoms in total. The number of hydrogen-bond acceptors (Lipinski definition) is 7. The Morgan fingerprint density at radius 3 is 2.59 bits per heavy atom. The number of nitrogens with one attached hydrogen (secondary N) is 2. The summed E-state index contributed by atoms with van der Waals surface area (Å²) in [4.78, 5) is 25.3. The first-order valence-corrected chi connectivity index (χ1v) is 12.2. The number of amides is 2. The first-order valence-electron chi connectivity index (χ1n) is 12.2. The van der Waals surface area contributed by atoms with Crippen LogP contribution in [0, 0.1) is 6.92 Å². The zero-order valence-electron chi connectivity index (χ0n) is 21.1. The Morgan fingerprint density at radius 1 is 1.10 bits per heavy atom. The van der Waals surface area contributed by atoms with Gasteiger partial charge >= 0.3 is 6.18 Å². The molecule has 2 aromatic carbocycles. The van der Waals surface area contributed by atoms with Crippen LogP contribution in [0.2, 0.25) is 0 Å². The SMILES string of the molecule is COc1nnc(C(=O)Nc2ccc(C)c(-c3ccc4c(c3)OC3(CCOCC3)CC(=O)N4)c2)cc1C(F)(F)F. The minimum absolute atomic E-state index is 0.125. The summed E-state index contributed by atoms with van der Waals surface area (Å²) in [5, 5.41) is 12.5. The molecule has 2 amide bonds. The van der Waals surface area contributed by atoms with Crippen molar-refractivity contribution in [1.82, 2.24) is 10.2 Å². The van der Waals surface area contributed by atoms with Gasteiger partial charge in [-0.2, -0.15) is 13.2 Å². The van der Waals surface area contributed by atoms with E-state index in [1.165, 1.54) is 0 Å². The minimum atomic E-state index is -4.77. The van der Waals surface area contributed by atoms with E-state index in [-0.39, 0.29) is 12.3 Å². The van der Waals surface area contributed by atoms with Gasteiger partial charge in [0.05, 0.1) is 32.4 Å². The van der Waals surface area contributed by atoms with Gasteiger partial charge in [0.25, 0.3) is 5.91 Å². The van der Waals surface area contributed by atoms with Gasteiger partial charge in [0, 0.05) is 18.5 Å². The lowest BCUT2D eigenvalue weighted by Crippen LogP contribution is -2.43. The third kappa shape index (κ3) is 5.51. The second kappa shape index (κ2) is 10.2. The second-order valence-electron chi connectivity index (χ2n) is 9.47. The number of aromatic nitrogens is 2. The quantitative estimate of drug-likeness (QED) is 0.477. The predicted octanol–water partition coefficient (Wildman–Crippen LogP) is 5.00. The van der Waals surface area contributed by atoms with Gasteiger partial charge in [0.15, 0.2) is 5.69 Å². The van der Waals surface area contributed by atoms with Crippen molar-refractivity contribution < 1.29 is 37.0 Å². The van der Waals surface area contributed by atoms with E-state index < -0.39 is 34.8 Å². The molecule has 0 atom stereocenters. The van der Waals surface area contributed by atoms with Gasteiger partial charge in [-0.25, -0.2) is 0 Å². The Labute approximate surface area is 221 Å². The zero-order chi connectivity index (χ0) is 27.8. The molecule has 1 spiro atoms. The molecule has 0 saturated carbocycles. The minimum Gasteiger partial charge on any atom is -0.484 e. The summed E-state index contributed by atoms with van der Waals surface area (Å²) in [7, 11) is 1.04. The Bertz CT molecular complexity index is 1440. The average Bonchev–Trinajstić information content (AvgIpc) is 3.03. The first-order chi connectivity index (χ1) is 18.6. The van der Waals surface area contributed by atoms with Gasteiger partial charge in [0.1, 0.15) is 16.9 Å². The molecule has 1 aromatic heterocycles. The largest absolute Gasteiger partial charge is 0.484 e. The molecule has 2 N–H and O–H groups in total. The van der Waals surface area contributed by atoms with Gasteiger partial charge in [-0.1, -0.05) is 12.1 Å². The summed E-state index contributed by atoms with van der Waals surface area (Å²) in [5.41, 5.74) is 0.956. The molecule has 2 aliphatic rings. The highest BCUT2D eigenvalue weighted by Crippen LogP contribution is 2.41. The maximum absolute atomic E-state index is 13.4. The molecule has 0 aliphatic carbocycles. The number of anilines is 2. The topological polar surface area (TPSA) is 112 Å². The predicted molar refractivity (Wildman–Crippen MR) is 135 cm³/mol. The van der Waals surface area contributed by atoms with Gasteiger partial charge < -0.3 is 24.8 Å². The Morgan fingerprint density at radius 2 is 1.87 bits per heavy atom. The summed E-state index contributed by atoms with van der Waals surface area (Å²) in [6, 6.07) is 11.1. The van der Waals surface area contributed by atoms with Gasteiger partial charge in [-0.05, 0) is 53.9 Å². The molecule has 3 heterocycles. The molecule has 204 valence electrons. The van der Waals surface area contributed by atoms with Crippen LogP contribution in [0.5, 0.6) is 11.6 Å². The molecule has 0 unspecified atom stereocenters. The number of fused-ring (bicyclic) bond motifs is 1. The smallest absolute Gasteiger partial charge is 0.421 e. The molecule has 2 aliphatic heterocycles. The summed E-state index contributed by atoms with van der Waals surface area (Å²) in [6.45, 7) is 2.90. The lowest BCUT2D eigenvalue weighted by Gasteiger charge is -2.35. The maximum Gasteiger partial charge on any atom is 0.421 e. The van der Waals surface area contributed by atoms with Crippen LogP contribution >= 0.6 is 0 Å². The standard InChI is InChI=1S/C27H25F3N4O5/c1-15-3-5-17(31-24(36)21-13-19(27(28,29)30)25(37-2)34-33-21)12-18(15)16-4-6-20-22(11-16)39-26(14-23(35)32-20)7-9-38-10-8-26/h3-6,11-13H,7-10,14H2,1-2H3,(H,31,36)(H,32,35). The number of benzene rings is 2. The highest BCUT2D eigenvalue weighted by molar-refractivity contribution is 6.03. The van der Waals surface area contributed by atoms with Crippen molar-refractivity contribution in [2.75, 3.05) is 31.0 Å². The van der Waals surface area contributed by atoms with E-state index >= 15 is 0 Å². The van der Waals surface area contributed by atoms with Crippen LogP contribution < -0.4 is 20.1 Å². The number of methoxy groups -OCH3 is 1. The summed E-state index contributed by atoms with van der Waals surface area (Å²) < 4.78 is 56.6. The molecule has 39 heavy (non-hydrogen) atoms. The normalized spacial score (nSPS) is 16.5. The monoisotopic (exact) mass is 542 g/mol. The fourth-order valence-corrected chi connectivity index (χ4v) is 4.71. The van der Waals surface area contributed by atoms with Gasteiger partial charge in [-0.3, -0.25) is 9.59 Å². The van der Waals surface area contributed by atoms with Crippen LogP contribution in [0.1, 0.15) is 40.9 Å². The first kappa shape index (κ1) is 26.4. The highest BCUT2D eigenvalue weighted by atomic mass is 19.4. The van der Waals surface area contributed by atoms with Crippen LogP contribution in [0.3, 0.4) is 0 Å². The number of nitrogens with zero attached hydrogens (tertiary/aromatic N) is 2. The van der Waals surface area contributed by atoms with Crippen molar-refractivity contribution in [2.45, 2.75) is 38.0 Å². The lowest BCUT2D eigenvalue weighted by atomic mass is 9.90. The summed E-state index contributed by atoms with van der Waals surface area (Å²) >= 11 is 0. The number of rotatable bonds is 4. The van der Waals surface area contributed by atoms with E-state index in [1.807, 2.05) is 19.1 Å². The molecule has 1 saturated heterocycles. The maximum atomic E-state index is 13.4. The molecular weight excluding hydrogens is 517 g/mol. The van der Waals surface area contributed by atoms with E-state index in [2.05, 4.69) is 25.6 Å². The van der Waals surface area contributed by atoms with Crippen LogP contribution in [0.25, 0.3) is 11.1 Å². The van der Waals surface area contributed by atoms with Gasteiger partial charge in [-0.15, -0.1) is 10.2 Å². The van der Waals surface area contributed by atoms with Crippen LogP contribution in [-0.4, -0.2) is 47.9 Å². The molecule has 5 rings (SSSR count). The third-order valence-electron chi connectivity index (χ3n) is 6.77. The third-order valence-corrected chi connectivity index (χ3v) is 6.77. The van der Waals surface area contributed by atoms with E-state index in [4.69, 9.17) is 9.47 Å². The number of hydrogen-bond donors (Lipinski definition) is 2. The number of carbonyl (C=O) groups excluding carboxylic acids is 2. The van der Waals surface area contributed by atoms with Crippen molar-refractivity contribution in [1.29, 1.82) is 0 Å². The Kier molecular flexibility index (Phi) is 6.89. The zero-order valence-corrected chi connectivity index (χ0v) is 21.1. The van der Waals surface area contributed by atoms with Crippen LogP contribution in [0.15, 0.2) is 42.5 Å². The lowest BCUT2D eigenvalue weighted by molar-refractivity contribution is -0.139. The van der Waals surface area contributed by atoms with Crippen molar-refractivity contribution >= 4 is 23.2 Å². The van der Waals surface area contributed by atoms with Crippen LogP contribution in [0.4, 0.5) is 24.5 Å². The second-order valence-corrected chi connectivity index (χ2v) is 9.47. The van der Waals surface area contributed by atoms with E-state index in [1.54, 1.807) is 24.3 Å². The molecule has 0 bridgehead atoms. The highest BCUT2D eigenvalue weighted by Gasteiger charge is 2.40. The molecule has 1 fully saturated rings. The Balaban J connectivity index is 1.43. The van der Waals surface area contributed by atoms with Crippen molar-refractivity contribution in [3.05, 3.63) is 59.3 Å². The summed E-state index contributed by atoms with van der Waals surface area (Å²) in [6.07, 6.45) is -3.36. The number of ether oxygens (including phenoxy) is 3. The van der Waals surface area contributed by atoms with E-state index in [0.29, 0.717) is 49.2 Å². The molecule has 12 heteroatoms. The van der Waals surface area contributed by atoms with Gasteiger partial charge in [0.2, 0.25) is 11.8 Å². The number of aryl methyl sites for hydroxylation is 1. The van der Waals surface area contributed by atoms with Crippen molar-refractivity contribution in [3.63, 3.8) is 0 Å². The number of carbonyl (C=O) groups is 2. The van der Waals surface area contributed by atoms with Crippen molar-refractivity contribution in [2.24, 2.45) is 0 Å². The number of alkyl halides is 3. The fourth-order valence-electron chi connectivity index (χ4n) is 4.71. The van der Waals surface area contributed by atoms with Crippen molar-refractivity contribution in [3.8, 4) is 22.8 Å². The molecule has 0 radical (unpaired) electrons. The van der Waals surface area contributed by atoms with E-state index in [9.17, 15) is 22.8 Å². The fraction of sp³-hybridized carbons (Fsp3) is 0.333. The molecule has 3 aromatic rings. The summed E-state index contributed by atoms with van der Waals surface area (Å²) in [5.74, 6) is -1.18. The average molecular weight is 543 g/mol. The van der Waals surface area contributed by atoms with Crippen LogP contribution in [-0.2, 0) is 15.7 Å².